The monoisotopic (exact) mass is 737 g/mol. The molecule has 2 aromatic heterocycles. The highest BCUT2D eigenvalue weighted by molar-refractivity contribution is 7.13. The van der Waals surface area contributed by atoms with Gasteiger partial charge in [0.15, 0.2) is 0 Å². The molecule has 1 saturated heterocycles. The smallest absolute Gasteiger partial charge is 0.490 e. The van der Waals surface area contributed by atoms with Crippen molar-refractivity contribution < 1.29 is 50.6 Å². The van der Waals surface area contributed by atoms with E-state index in [1.165, 1.54) is 48.9 Å². The zero-order valence-electron chi connectivity index (χ0n) is 27.3. The van der Waals surface area contributed by atoms with E-state index in [4.69, 9.17) is 14.6 Å². The van der Waals surface area contributed by atoms with E-state index in [0.717, 1.165) is 36.1 Å². The number of rotatable bonds is 9. The number of halogens is 6. The standard InChI is InChI=1S/C32H32F3N5O3S.C2HF3O2/c1-3-39-8-10-40(11-9-39)20-21-6-7-25(17-28(21)32(33,34)35)37-30(41)22-14-26(16-27(15-22)43-2)38-31(42)24-13-23(18-36-19-24)29-5-4-12-44-29;3-2(4,5)1(6)7/h4-7,12-19H,3,8-11,20H2,1-2H3,(H,37,41)(H,38,42);(H,6,7). The number of alkyl halides is 6. The molecule has 10 nitrogen and oxygen atoms in total. The topological polar surface area (TPSA) is 124 Å². The number of aliphatic carboxylic acids is 1. The maximum Gasteiger partial charge on any atom is 0.490 e. The molecule has 3 N–H and O–H groups in total. The van der Waals surface area contributed by atoms with Crippen molar-refractivity contribution >= 4 is 40.5 Å². The number of hydrogen-bond donors (Lipinski definition) is 3. The molecule has 0 saturated carbocycles. The summed E-state index contributed by atoms with van der Waals surface area (Å²) in [5.74, 6) is -3.57. The van der Waals surface area contributed by atoms with Gasteiger partial charge in [-0.1, -0.05) is 19.1 Å². The first-order chi connectivity index (χ1) is 24.1. The van der Waals surface area contributed by atoms with Gasteiger partial charge in [-0.3, -0.25) is 19.5 Å². The summed E-state index contributed by atoms with van der Waals surface area (Å²) in [6, 6.07) is 13.8. The Morgan fingerprint density at radius 1 is 0.863 bits per heavy atom. The van der Waals surface area contributed by atoms with Crippen LogP contribution in [0.1, 0.15) is 38.8 Å². The van der Waals surface area contributed by atoms with Crippen molar-refractivity contribution in [1.82, 2.24) is 14.8 Å². The van der Waals surface area contributed by atoms with Gasteiger partial charge in [0.2, 0.25) is 0 Å². The summed E-state index contributed by atoms with van der Waals surface area (Å²) in [6.07, 6.45) is -6.57. The Morgan fingerprint density at radius 3 is 2.10 bits per heavy atom. The van der Waals surface area contributed by atoms with Crippen molar-refractivity contribution in [3.63, 3.8) is 0 Å². The number of anilines is 2. The van der Waals surface area contributed by atoms with Crippen LogP contribution in [0.15, 0.2) is 72.4 Å². The minimum absolute atomic E-state index is 0.00625. The first-order valence-electron chi connectivity index (χ1n) is 15.3. The first kappa shape index (κ1) is 38.8. The third-order valence-corrected chi connectivity index (χ3v) is 8.61. The molecule has 0 unspecified atom stereocenters. The summed E-state index contributed by atoms with van der Waals surface area (Å²) in [6.45, 7) is 6.16. The Balaban J connectivity index is 0.000000755. The van der Waals surface area contributed by atoms with Crippen LogP contribution in [-0.2, 0) is 17.5 Å². The number of pyridine rings is 1. The van der Waals surface area contributed by atoms with Crippen LogP contribution in [0.25, 0.3) is 10.4 Å². The number of ether oxygens (including phenoxy) is 1. The van der Waals surface area contributed by atoms with Crippen LogP contribution in [0.3, 0.4) is 0 Å². The maximum absolute atomic E-state index is 14.1. The van der Waals surface area contributed by atoms with E-state index in [-0.39, 0.29) is 34.8 Å². The Bertz CT molecular complexity index is 1830. The van der Waals surface area contributed by atoms with Gasteiger partial charge in [0.25, 0.3) is 11.8 Å². The van der Waals surface area contributed by atoms with Gasteiger partial charge in [-0.15, -0.1) is 11.3 Å². The van der Waals surface area contributed by atoms with Crippen LogP contribution in [0, 0.1) is 0 Å². The van der Waals surface area contributed by atoms with Gasteiger partial charge in [0.05, 0.1) is 18.2 Å². The summed E-state index contributed by atoms with van der Waals surface area (Å²) >= 11 is 1.52. The van der Waals surface area contributed by atoms with Crippen LogP contribution in [0.4, 0.5) is 37.7 Å². The van der Waals surface area contributed by atoms with Crippen molar-refractivity contribution in [1.29, 1.82) is 0 Å². The van der Waals surface area contributed by atoms with Crippen LogP contribution in [0.2, 0.25) is 0 Å². The average molecular weight is 738 g/mol. The quantitative estimate of drug-likeness (QED) is 0.155. The number of carboxylic acid groups (broad SMARTS) is 1. The van der Waals surface area contributed by atoms with Crippen molar-refractivity contribution in [2.75, 3.05) is 50.5 Å². The summed E-state index contributed by atoms with van der Waals surface area (Å²) in [7, 11) is 1.41. The Hall–Kier alpha value is -5.00. The zero-order chi connectivity index (χ0) is 37.3. The Morgan fingerprint density at radius 2 is 1.51 bits per heavy atom. The maximum atomic E-state index is 14.1. The van der Waals surface area contributed by atoms with Gasteiger partial charge in [0.1, 0.15) is 5.75 Å². The van der Waals surface area contributed by atoms with Gasteiger partial charge in [0, 0.05) is 78.6 Å². The van der Waals surface area contributed by atoms with Crippen molar-refractivity contribution in [3.05, 3.63) is 94.6 Å². The van der Waals surface area contributed by atoms with Crippen molar-refractivity contribution in [2.24, 2.45) is 0 Å². The molecular formula is C34H33F6N5O5S. The molecule has 1 aliphatic heterocycles. The lowest BCUT2D eigenvalue weighted by molar-refractivity contribution is -0.192. The van der Waals surface area contributed by atoms with Gasteiger partial charge < -0.3 is 25.4 Å². The molecule has 0 radical (unpaired) electrons. The second kappa shape index (κ2) is 16.8. The van der Waals surface area contributed by atoms with Crippen LogP contribution < -0.4 is 15.4 Å². The molecule has 1 aliphatic rings. The van der Waals surface area contributed by atoms with Crippen molar-refractivity contribution in [2.45, 2.75) is 25.8 Å². The predicted molar refractivity (Wildman–Crippen MR) is 179 cm³/mol. The Labute approximate surface area is 292 Å². The van der Waals surface area contributed by atoms with Crippen LogP contribution >= 0.6 is 11.3 Å². The molecule has 0 aliphatic carbocycles. The van der Waals surface area contributed by atoms with Gasteiger partial charge >= 0.3 is 18.3 Å². The molecular weight excluding hydrogens is 704 g/mol. The molecule has 1 fully saturated rings. The minimum Gasteiger partial charge on any atom is -0.497 e. The van der Waals surface area contributed by atoms with Crippen LogP contribution in [-0.4, -0.2) is 83.7 Å². The second-order valence-electron chi connectivity index (χ2n) is 11.2. The number of carbonyl (C=O) groups is 3. The van der Waals surface area contributed by atoms with E-state index in [1.54, 1.807) is 18.3 Å². The van der Waals surface area contributed by atoms with E-state index in [0.29, 0.717) is 18.7 Å². The molecule has 272 valence electrons. The van der Waals surface area contributed by atoms with E-state index >= 15 is 0 Å². The zero-order valence-corrected chi connectivity index (χ0v) is 28.1. The molecule has 0 bridgehead atoms. The molecule has 2 aromatic carbocycles. The first-order valence-corrected chi connectivity index (χ1v) is 16.2. The number of carbonyl (C=O) groups excluding carboxylic acids is 2. The number of thiophene rings is 1. The summed E-state index contributed by atoms with van der Waals surface area (Å²) in [4.78, 5) is 44.5. The third-order valence-electron chi connectivity index (χ3n) is 7.69. The van der Waals surface area contributed by atoms with Gasteiger partial charge in [-0.25, -0.2) is 4.79 Å². The molecule has 3 heterocycles. The number of carboxylic acids is 1. The third kappa shape index (κ3) is 11.0. The molecule has 0 atom stereocenters. The Kier molecular flexibility index (Phi) is 12.8. The number of likely N-dealkylation sites (N-methyl/N-ethyl adjacent to an activating group) is 1. The number of amides is 2. The summed E-state index contributed by atoms with van der Waals surface area (Å²) < 4.78 is 79.3. The van der Waals surface area contributed by atoms with Gasteiger partial charge in [-0.05, 0) is 53.9 Å². The lowest BCUT2D eigenvalue weighted by Gasteiger charge is -2.34. The predicted octanol–water partition coefficient (Wildman–Crippen LogP) is 7.11. The normalized spacial score (nSPS) is 13.9. The molecule has 5 rings (SSSR count). The highest BCUT2D eigenvalue weighted by atomic mass is 32.1. The lowest BCUT2D eigenvalue weighted by atomic mass is 10.0. The van der Waals surface area contributed by atoms with E-state index < -0.39 is 35.7 Å². The van der Waals surface area contributed by atoms with Crippen LogP contribution in [0.5, 0.6) is 5.75 Å². The molecule has 0 spiro atoms. The van der Waals surface area contributed by atoms with E-state index in [9.17, 15) is 35.9 Å². The molecule has 4 aromatic rings. The SMILES string of the molecule is CCN1CCN(Cc2ccc(NC(=O)c3cc(NC(=O)c4cncc(-c5cccs5)c4)cc(OC)c3)cc2C(F)(F)F)CC1.O=C(O)C(F)(F)F. The molecule has 17 heteroatoms. The minimum atomic E-state index is -5.08. The fourth-order valence-electron chi connectivity index (χ4n) is 5.03. The second-order valence-corrected chi connectivity index (χ2v) is 12.1. The van der Waals surface area contributed by atoms with Crippen molar-refractivity contribution in [3.8, 4) is 16.2 Å². The number of piperazine rings is 1. The average Bonchev–Trinajstić information content (AvgIpc) is 3.64. The number of nitrogens with zero attached hydrogens (tertiary/aromatic N) is 3. The number of methoxy groups -OCH3 is 1. The number of benzene rings is 2. The fourth-order valence-corrected chi connectivity index (χ4v) is 5.74. The number of nitrogens with one attached hydrogen (secondary N) is 2. The molecule has 2 amide bonds. The lowest BCUT2D eigenvalue weighted by Crippen LogP contribution is -2.45. The number of aromatic nitrogens is 1. The highest BCUT2D eigenvalue weighted by Gasteiger charge is 2.38. The summed E-state index contributed by atoms with van der Waals surface area (Å²) in [5.41, 5.74) is 0.854. The largest absolute Gasteiger partial charge is 0.497 e. The molecule has 51 heavy (non-hydrogen) atoms. The summed E-state index contributed by atoms with van der Waals surface area (Å²) in [5, 5.41) is 14.4. The van der Waals surface area contributed by atoms with E-state index in [1.807, 2.05) is 22.4 Å². The van der Waals surface area contributed by atoms with Gasteiger partial charge in [-0.2, -0.15) is 26.3 Å². The van der Waals surface area contributed by atoms with E-state index in [2.05, 4.69) is 27.4 Å². The fraction of sp³-hybridized carbons (Fsp3) is 0.294. The highest BCUT2D eigenvalue weighted by Crippen LogP contribution is 2.35. The number of hydrogen-bond acceptors (Lipinski definition) is 8.